The van der Waals surface area contributed by atoms with E-state index < -0.39 is 23.9 Å². The minimum Gasteiger partial charge on any atom is -0.338 e. The molecule has 3 nitrogen and oxygen atoms in total. The molecule has 0 aliphatic carbocycles. The van der Waals surface area contributed by atoms with Gasteiger partial charge >= 0.3 is 6.18 Å². The Labute approximate surface area is 107 Å². The molecular formula is C12H12F4N2O. The summed E-state index contributed by atoms with van der Waals surface area (Å²) in [5.74, 6) is -2.76. The summed E-state index contributed by atoms with van der Waals surface area (Å²) in [4.78, 5) is 16.5. The summed E-state index contributed by atoms with van der Waals surface area (Å²) in [6, 6.07) is 2.24. The molecule has 7 heteroatoms. The molecule has 1 aromatic rings. The summed E-state index contributed by atoms with van der Waals surface area (Å²) in [7, 11) is 0. The van der Waals surface area contributed by atoms with E-state index in [1.54, 1.807) is 0 Å². The van der Waals surface area contributed by atoms with Crippen molar-refractivity contribution in [1.82, 2.24) is 9.88 Å². The van der Waals surface area contributed by atoms with E-state index >= 15 is 0 Å². The first-order chi connectivity index (χ1) is 8.88. The molecule has 0 saturated carbocycles. The zero-order valence-corrected chi connectivity index (χ0v) is 9.95. The average molecular weight is 276 g/mol. The molecule has 0 N–H and O–H groups in total. The maximum absolute atomic E-state index is 12.6. The average Bonchev–Trinajstić information content (AvgIpc) is 2.38. The largest absolute Gasteiger partial charge is 0.393 e. The number of likely N-dealkylation sites (tertiary alicyclic amines) is 1. The van der Waals surface area contributed by atoms with Gasteiger partial charge in [0.25, 0.3) is 5.91 Å². The number of alkyl halides is 3. The van der Waals surface area contributed by atoms with Gasteiger partial charge < -0.3 is 4.90 Å². The molecule has 19 heavy (non-hydrogen) atoms. The minimum absolute atomic E-state index is 0.0367. The van der Waals surface area contributed by atoms with Crippen LogP contribution in [-0.4, -0.2) is 35.1 Å². The summed E-state index contributed by atoms with van der Waals surface area (Å²) in [5, 5.41) is 0. The molecule has 1 aromatic heterocycles. The van der Waals surface area contributed by atoms with Crippen LogP contribution in [0.1, 0.15) is 23.2 Å². The summed E-state index contributed by atoms with van der Waals surface area (Å²) in [6.07, 6.45) is -2.91. The van der Waals surface area contributed by atoms with Crippen LogP contribution < -0.4 is 0 Å². The Hall–Kier alpha value is -1.66. The van der Waals surface area contributed by atoms with Crippen molar-refractivity contribution in [1.29, 1.82) is 0 Å². The van der Waals surface area contributed by atoms with Gasteiger partial charge in [0.15, 0.2) is 0 Å². The highest BCUT2D eigenvalue weighted by Gasteiger charge is 2.42. The predicted molar refractivity (Wildman–Crippen MR) is 58.9 cm³/mol. The number of hydrogen-bond acceptors (Lipinski definition) is 2. The molecule has 1 aliphatic rings. The first-order valence-electron chi connectivity index (χ1n) is 5.85. The van der Waals surface area contributed by atoms with Crippen molar-refractivity contribution in [2.75, 3.05) is 13.1 Å². The smallest absolute Gasteiger partial charge is 0.338 e. The van der Waals surface area contributed by atoms with Gasteiger partial charge in [0.2, 0.25) is 5.95 Å². The van der Waals surface area contributed by atoms with E-state index in [4.69, 9.17) is 0 Å². The fourth-order valence-corrected chi connectivity index (χ4v) is 2.11. The van der Waals surface area contributed by atoms with Crippen LogP contribution in [0, 0.1) is 11.9 Å². The zero-order chi connectivity index (χ0) is 14.0. The lowest BCUT2D eigenvalue weighted by molar-refractivity contribution is -0.184. The molecule has 0 spiro atoms. The molecule has 104 valence electrons. The van der Waals surface area contributed by atoms with Gasteiger partial charge in [-0.05, 0) is 25.0 Å². The predicted octanol–water partition coefficient (Wildman–Crippen LogP) is 2.64. The van der Waals surface area contributed by atoms with E-state index in [1.807, 2.05) is 0 Å². The second-order valence-electron chi connectivity index (χ2n) is 4.50. The third-order valence-electron chi connectivity index (χ3n) is 3.15. The molecular weight excluding hydrogens is 264 g/mol. The van der Waals surface area contributed by atoms with Crippen molar-refractivity contribution >= 4 is 5.91 Å². The maximum atomic E-state index is 12.6. The lowest BCUT2D eigenvalue weighted by atomic mass is 9.97. The van der Waals surface area contributed by atoms with E-state index in [9.17, 15) is 22.4 Å². The third-order valence-corrected chi connectivity index (χ3v) is 3.15. The molecule has 2 heterocycles. The number of rotatable bonds is 1. The number of nitrogens with zero attached hydrogens (tertiary/aromatic N) is 2. The highest BCUT2D eigenvalue weighted by Crippen LogP contribution is 2.33. The topological polar surface area (TPSA) is 33.2 Å². The van der Waals surface area contributed by atoms with Gasteiger partial charge in [-0.3, -0.25) is 4.79 Å². The maximum Gasteiger partial charge on any atom is 0.393 e. The van der Waals surface area contributed by atoms with Crippen LogP contribution in [-0.2, 0) is 0 Å². The molecule has 1 saturated heterocycles. The van der Waals surface area contributed by atoms with Gasteiger partial charge in [0, 0.05) is 19.3 Å². The standard InChI is InChI=1S/C12H12F4N2O/c13-10-4-3-8(6-17-10)11(19)18-5-1-2-9(7-18)12(14,15)16/h3-4,6,9H,1-2,5,7H2. The quantitative estimate of drug-likeness (QED) is 0.583. The normalized spacial score (nSPS) is 20.4. The van der Waals surface area contributed by atoms with E-state index in [-0.39, 0.29) is 25.1 Å². The molecule has 1 amide bonds. The second-order valence-corrected chi connectivity index (χ2v) is 4.50. The fourth-order valence-electron chi connectivity index (χ4n) is 2.11. The van der Waals surface area contributed by atoms with Crippen molar-refractivity contribution in [2.24, 2.45) is 5.92 Å². The minimum atomic E-state index is -4.29. The van der Waals surface area contributed by atoms with Crippen LogP contribution in [0.2, 0.25) is 0 Å². The molecule has 0 radical (unpaired) electrons. The zero-order valence-electron chi connectivity index (χ0n) is 9.95. The first kappa shape index (κ1) is 13.8. The Morgan fingerprint density at radius 2 is 2.11 bits per heavy atom. The van der Waals surface area contributed by atoms with Crippen LogP contribution in [0.15, 0.2) is 18.3 Å². The van der Waals surface area contributed by atoms with Crippen molar-refractivity contribution in [3.8, 4) is 0 Å². The number of amides is 1. The number of piperidine rings is 1. The van der Waals surface area contributed by atoms with E-state index in [2.05, 4.69) is 4.98 Å². The number of pyridine rings is 1. The van der Waals surface area contributed by atoms with Crippen molar-refractivity contribution in [2.45, 2.75) is 19.0 Å². The third kappa shape index (κ3) is 3.21. The highest BCUT2D eigenvalue weighted by atomic mass is 19.4. The van der Waals surface area contributed by atoms with Crippen LogP contribution in [0.3, 0.4) is 0 Å². The SMILES string of the molecule is O=C(c1ccc(F)nc1)N1CCCC(C(F)(F)F)C1. The van der Waals surface area contributed by atoms with Crippen LogP contribution in [0.25, 0.3) is 0 Å². The monoisotopic (exact) mass is 276 g/mol. The molecule has 1 unspecified atom stereocenters. The number of carbonyl (C=O) groups is 1. The Morgan fingerprint density at radius 1 is 1.37 bits per heavy atom. The van der Waals surface area contributed by atoms with Crippen molar-refractivity contribution in [3.05, 3.63) is 29.8 Å². The molecule has 1 fully saturated rings. The number of aromatic nitrogens is 1. The molecule has 0 bridgehead atoms. The van der Waals surface area contributed by atoms with Gasteiger partial charge in [0.1, 0.15) is 0 Å². The lowest BCUT2D eigenvalue weighted by Gasteiger charge is -2.33. The van der Waals surface area contributed by atoms with Gasteiger partial charge in [-0.2, -0.15) is 17.6 Å². The summed E-state index contributed by atoms with van der Waals surface area (Å²) >= 11 is 0. The lowest BCUT2D eigenvalue weighted by Crippen LogP contribution is -2.44. The number of halogens is 4. The molecule has 2 rings (SSSR count). The van der Waals surface area contributed by atoms with Gasteiger partial charge in [-0.1, -0.05) is 0 Å². The van der Waals surface area contributed by atoms with Crippen molar-refractivity contribution in [3.63, 3.8) is 0 Å². The number of hydrogen-bond donors (Lipinski definition) is 0. The van der Waals surface area contributed by atoms with Crippen molar-refractivity contribution < 1.29 is 22.4 Å². The Bertz CT molecular complexity index is 458. The fraction of sp³-hybridized carbons (Fsp3) is 0.500. The van der Waals surface area contributed by atoms with Crippen LogP contribution in [0.4, 0.5) is 17.6 Å². The highest BCUT2D eigenvalue weighted by molar-refractivity contribution is 5.93. The van der Waals surface area contributed by atoms with E-state index in [0.29, 0.717) is 6.42 Å². The van der Waals surface area contributed by atoms with Crippen LogP contribution in [0.5, 0.6) is 0 Å². The summed E-state index contributed by atoms with van der Waals surface area (Å²) in [5.41, 5.74) is 0.101. The van der Waals surface area contributed by atoms with Gasteiger partial charge in [-0.15, -0.1) is 0 Å². The van der Waals surface area contributed by atoms with Gasteiger partial charge in [0.05, 0.1) is 11.5 Å². The van der Waals surface area contributed by atoms with E-state index in [1.165, 1.54) is 6.07 Å². The molecule has 1 aliphatic heterocycles. The second kappa shape index (κ2) is 5.14. The summed E-state index contributed by atoms with van der Waals surface area (Å²) < 4.78 is 50.5. The molecule has 0 aromatic carbocycles. The first-order valence-corrected chi connectivity index (χ1v) is 5.85. The number of carbonyl (C=O) groups excluding carboxylic acids is 1. The Morgan fingerprint density at radius 3 is 2.68 bits per heavy atom. The Kier molecular flexibility index (Phi) is 3.73. The van der Waals surface area contributed by atoms with Crippen LogP contribution >= 0.6 is 0 Å². The molecule has 1 atom stereocenters. The van der Waals surface area contributed by atoms with Gasteiger partial charge in [-0.25, -0.2) is 4.98 Å². The Balaban J connectivity index is 2.09. The van der Waals surface area contributed by atoms with E-state index in [0.717, 1.165) is 17.2 Å². The summed E-state index contributed by atoms with van der Waals surface area (Å²) in [6.45, 7) is -0.0670.